The van der Waals surface area contributed by atoms with Gasteiger partial charge in [-0.2, -0.15) is 0 Å². The lowest BCUT2D eigenvalue weighted by atomic mass is 10.0. The molecule has 4 heteroatoms. The Morgan fingerprint density at radius 3 is 2.52 bits per heavy atom. The van der Waals surface area contributed by atoms with Gasteiger partial charge in [-0.1, -0.05) is 43.0 Å². The number of benzene rings is 2. The van der Waals surface area contributed by atoms with Crippen LogP contribution >= 0.6 is 0 Å². The van der Waals surface area contributed by atoms with E-state index in [1.54, 1.807) is 4.90 Å². The number of rotatable bonds is 6. The van der Waals surface area contributed by atoms with Gasteiger partial charge in [0.2, 0.25) is 0 Å². The molecule has 25 heavy (non-hydrogen) atoms. The third-order valence-electron chi connectivity index (χ3n) is 4.72. The van der Waals surface area contributed by atoms with Crippen molar-refractivity contribution in [3.63, 3.8) is 0 Å². The normalized spacial score (nSPS) is 17.0. The Labute approximate surface area is 149 Å². The van der Waals surface area contributed by atoms with Gasteiger partial charge in [0.25, 0.3) is 0 Å². The van der Waals surface area contributed by atoms with Crippen molar-refractivity contribution in [3.8, 4) is 11.1 Å². The minimum absolute atomic E-state index is 0.00454. The lowest BCUT2D eigenvalue weighted by molar-refractivity contribution is 0.250. The van der Waals surface area contributed by atoms with Crippen LogP contribution in [0.25, 0.3) is 11.1 Å². The zero-order valence-electron chi connectivity index (χ0n) is 14.7. The number of aryl methyl sites for hydroxylation is 1. The third-order valence-corrected chi connectivity index (χ3v) is 4.72. The van der Waals surface area contributed by atoms with Crippen LogP contribution in [0.5, 0.6) is 0 Å². The molecular formula is C21H25N3O. The summed E-state index contributed by atoms with van der Waals surface area (Å²) >= 11 is 0. The lowest BCUT2D eigenvalue weighted by Crippen LogP contribution is -2.28. The summed E-state index contributed by atoms with van der Waals surface area (Å²) < 4.78 is 0. The van der Waals surface area contributed by atoms with Gasteiger partial charge in [-0.25, -0.2) is 4.79 Å². The molecule has 1 aliphatic heterocycles. The van der Waals surface area contributed by atoms with E-state index in [2.05, 4.69) is 43.1 Å². The van der Waals surface area contributed by atoms with Crippen molar-refractivity contribution < 1.29 is 4.79 Å². The second kappa shape index (κ2) is 7.53. The summed E-state index contributed by atoms with van der Waals surface area (Å²) in [5.74, 6) is 0. The van der Waals surface area contributed by atoms with Crippen molar-refractivity contribution in [2.75, 3.05) is 11.4 Å². The number of urea groups is 1. The highest BCUT2D eigenvalue weighted by Crippen LogP contribution is 2.30. The van der Waals surface area contributed by atoms with Crippen LogP contribution in [0.1, 0.15) is 24.8 Å². The molecule has 2 aromatic carbocycles. The van der Waals surface area contributed by atoms with E-state index in [4.69, 9.17) is 5.73 Å². The maximum atomic E-state index is 12.4. The molecule has 0 aliphatic carbocycles. The van der Waals surface area contributed by atoms with Crippen LogP contribution < -0.4 is 16.0 Å². The second-order valence-electron chi connectivity index (χ2n) is 6.48. The first kappa shape index (κ1) is 17.2. The summed E-state index contributed by atoms with van der Waals surface area (Å²) in [7, 11) is 0. The van der Waals surface area contributed by atoms with Crippen LogP contribution in [-0.4, -0.2) is 18.6 Å². The Hall–Kier alpha value is -2.59. The van der Waals surface area contributed by atoms with E-state index in [1.807, 2.05) is 24.3 Å². The van der Waals surface area contributed by atoms with Gasteiger partial charge in [-0.05, 0) is 61.6 Å². The Bertz CT molecular complexity index is 767. The molecule has 0 bridgehead atoms. The number of amides is 2. The molecule has 1 saturated heterocycles. The quantitative estimate of drug-likeness (QED) is 0.777. The fourth-order valence-electron chi connectivity index (χ4n) is 3.28. The average molecular weight is 335 g/mol. The zero-order chi connectivity index (χ0) is 17.8. The number of unbranched alkanes of at least 4 members (excludes halogenated alkanes) is 1. The Morgan fingerprint density at radius 1 is 1.12 bits per heavy atom. The molecule has 3 N–H and O–H groups in total. The number of nitrogens with zero attached hydrogens (tertiary/aromatic N) is 1. The van der Waals surface area contributed by atoms with Gasteiger partial charge in [0.1, 0.15) is 0 Å². The lowest BCUT2D eigenvalue weighted by Gasteiger charge is -2.18. The van der Waals surface area contributed by atoms with E-state index >= 15 is 0 Å². The van der Waals surface area contributed by atoms with E-state index in [0.29, 0.717) is 6.54 Å². The van der Waals surface area contributed by atoms with Crippen LogP contribution in [-0.2, 0) is 0 Å². The minimum Gasteiger partial charge on any atom is -0.330 e. The summed E-state index contributed by atoms with van der Waals surface area (Å²) in [6.07, 6.45) is 2.82. The molecule has 1 atom stereocenters. The molecule has 0 spiro atoms. The molecule has 0 saturated carbocycles. The highest BCUT2D eigenvalue weighted by molar-refractivity contribution is 5.99. The molecule has 130 valence electrons. The third kappa shape index (κ3) is 3.59. The van der Waals surface area contributed by atoms with Gasteiger partial charge in [0.15, 0.2) is 0 Å². The van der Waals surface area contributed by atoms with Crippen molar-refractivity contribution in [1.82, 2.24) is 5.32 Å². The second-order valence-corrected chi connectivity index (χ2v) is 6.48. The summed E-state index contributed by atoms with van der Waals surface area (Å²) in [5.41, 5.74) is 10.8. The molecule has 1 heterocycles. The Morgan fingerprint density at radius 2 is 1.84 bits per heavy atom. The predicted octanol–water partition coefficient (Wildman–Crippen LogP) is 4.20. The fraction of sp³-hybridized carbons (Fsp3) is 0.286. The first-order valence-corrected chi connectivity index (χ1v) is 8.77. The number of hydrogen-bond acceptors (Lipinski definition) is 2. The predicted molar refractivity (Wildman–Crippen MR) is 103 cm³/mol. The topological polar surface area (TPSA) is 58.4 Å². The van der Waals surface area contributed by atoms with Gasteiger partial charge >= 0.3 is 6.03 Å². The largest absolute Gasteiger partial charge is 0.330 e. The number of nitrogens with one attached hydrogen (secondary N) is 1. The van der Waals surface area contributed by atoms with Crippen molar-refractivity contribution in [3.05, 3.63) is 66.4 Å². The molecule has 0 aromatic heterocycles. The summed E-state index contributed by atoms with van der Waals surface area (Å²) in [6, 6.07) is 16.3. The monoisotopic (exact) mass is 335 g/mol. The smallest absolute Gasteiger partial charge is 0.326 e. The van der Waals surface area contributed by atoms with Gasteiger partial charge in [-0.3, -0.25) is 4.90 Å². The van der Waals surface area contributed by atoms with E-state index in [1.165, 1.54) is 11.1 Å². The first-order chi connectivity index (χ1) is 12.1. The van der Waals surface area contributed by atoms with Gasteiger partial charge in [0.05, 0.1) is 11.7 Å². The average Bonchev–Trinajstić information content (AvgIpc) is 2.90. The minimum atomic E-state index is -0.105. The van der Waals surface area contributed by atoms with Crippen LogP contribution in [0.15, 0.2) is 60.8 Å². The maximum absolute atomic E-state index is 12.4. The molecule has 0 radical (unpaired) electrons. The molecule has 2 aromatic rings. The number of nitrogens with two attached hydrogens (primary N) is 1. The number of hydrogen-bond donors (Lipinski definition) is 2. The van der Waals surface area contributed by atoms with Crippen LogP contribution in [0.4, 0.5) is 10.5 Å². The van der Waals surface area contributed by atoms with Crippen molar-refractivity contribution >= 4 is 11.7 Å². The number of carbonyl (C=O) groups excluding carboxylic acids is 1. The molecular weight excluding hydrogens is 310 g/mol. The molecule has 1 fully saturated rings. The van der Waals surface area contributed by atoms with Crippen molar-refractivity contribution in [2.24, 2.45) is 5.73 Å². The highest BCUT2D eigenvalue weighted by atomic mass is 16.2. The first-order valence-electron chi connectivity index (χ1n) is 8.77. The maximum Gasteiger partial charge on any atom is 0.326 e. The van der Waals surface area contributed by atoms with Crippen LogP contribution in [0.2, 0.25) is 0 Å². The van der Waals surface area contributed by atoms with Crippen molar-refractivity contribution in [1.29, 1.82) is 0 Å². The summed E-state index contributed by atoms with van der Waals surface area (Å²) in [4.78, 5) is 14.0. The Balaban J connectivity index is 1.77. The Kier molecular flexibility index (Phi) is 5.19. The van der Waals surface area contributed by atoms with Gasteiger partial charge in [-0.15, -0.1) is 0 Å². The standard InChI is InChI=1S/C21H25N3O/c1-15-7-3-4-8-19(15)17-10-12-18(13-11-17)24-16(2)20(23-21(24)25)9-5-6-14-22/h3-4,7-8,10-13,20H,2,5-6,9,14,22H2,1H3,(H,23,25)/t20-/m0/s1. The summed E-state index contributed by atoms with van der Waals surface area (Å²) in [6.45, 7) is 6.91. The van der Waals surface area contributed by atoms with Crippen LogP contribution in [0, 0.1) is 6.92 Å². The molecule has 0 unspecified atom stereocenters. The molecule has 3 rings (SSSR count). The van der Waals surface area contributed by atoms with Crippen molar-refractivity contribution in [2.45, 2.75) is 32.2 Å². The molecule has 4 nitrogen and oxygen atoms in total. The fourth-order valence-corrected chi connectivity index (χ4v) is 3.28. The molecule has 1 aliphatic rings. The number of carbonyl (C=O) groups is 1. The van der Waals surface area contributed by atoms with E-state index < -0.39 is 0 Å². The zero-order valence-corrected chi connectivity index (χ0v) is 14.7. The van der Waals surface area contributed by atoms with Gasteiger partial charge in [0, 0.05) is 5.70 Å². The van der Waals surface area contributed by atoms with E-state index in [-0.39, 0.29) is 12.1 Å². The summed E-state index contributed by atoms with van der Waals surface area (Å²) in [5, 5.41) is 3.01. The van der Waals surface area contributed by atoms with Gasteiger partial charge < -0.3 is 11.1 Å². The SMILES string of the molecule is C=C1[C@H](CCCCN)NC(=O)N1c1ccc(-c2ccccc2C)cc1. The molecule has 2 amide bonds. The van der Waals surface area contributed by atoms with Crippen LogP contribution in [0.3, 0.4) is 0 Å². The van der Waals surface area contributed by atoms with E-state index in [9.17, 15) is 4.79 Å². The highest BCUT2D eigenvalue weighted by Gasteiger charge is 2.33. The number of anilines is 1. The van der Waals surface area contributed by atoms with E-state index in [0.717, 1.165) is 36.2 Å².